The summed E-state index contributed by atoms with van der Waals surface area (Å²) < 4.78 is 0. The van der Waals surface area contributed by atoms with E-state index < -0.39 is 6.04 Å². The lowest BCUT2D eigenvalue weighted by Gasteiger charge is -2.36. The zero-order valence-corrected chi connectivity index (χ0v) is 15.2. The number of nitrogens with one attached hydrogen (secondary N) is 1. The van der Waals surface area contributed by atoms with E-state index in [-0.39, 0.29) is 22.4 Å². The molecular formula is C17H22Cl2N2O2. The molecule has 1 unspecified atom stereocenters. The molecule has 0 spiro atoms. The summed E-state index contributed by atoms with van der Waals surface area (Å²) in [6.07, 6.45) is 2.46. The Kier molecular flexibility index (Phi) is 5.58. The topological polar surface area (TPSA) is 49.4 Å². The summed E-state index contributed by atoms with van der Waals surface area (Å²) in [4.78, 5) is 27.0. The van der Waals surface area contributed by atoms with E-state index >= 15 is 0 Å². The van der Waals surface area contributed by atoms with Crippen LogP contribution in [0.1, 0.15) is 50.4 Å². The van der Waals surface area contributed by atoms with Crippen LogP contribution in [0.4, 0.5) is 0 Å². The van der Waals surface area contributed by atoms with E-state index in [1.54, 1.807) is 23.1 Å². The van der Waals surface area contributed by atoms with Crippen LogP contribution in [-0.4, -0.2) is 34.8 Å². The molecule has 1 N–H and O–H groups in total. The van der Waals surface area contributed by atoms with Gasteiger partial charge in [0.05, 0.1) is 15.6 Å². The van der Waals surface area contributed by atoms with E-state index in [0.717, 1.165) is 12.8 Å². The summed E-state index contributed by atoms with van der Waals surface area (Å²) in [6, 6.07) is 4.51. The molecule has 0 aromatic heterocycles. The lowest BCUT2D eigenvalue weighted by atomic mass is 9.98. The third-order valence-corrected chi connectivity index (χ3v) is 4.57. The van der Waals surface area contributed by atoms with Gasteiger partial charge in [0.15, 0.2) is 0 Å². The molecule has 1 fully saturated rings. The Morgan fingerprint density at radius 2 is 1.91 bits per heavy atom. The molecule has 0 bridgehead atoms. The van der Waals surface area contributed by atoms with Gasteiger partial charge in [-0.25, -0.2) is 0 Å². The maximum Gasteiger partial charge on any atom is 0.256 e. The summed E-state index contributed by atoms with van der Waals surface area (Å²) in [7, 11) is 0. The summed E-state index contributed by atoms with van der Waals surface area (Å²) in [6.45, 7) is 6.32. The lowest BCUT2D eigenvalue weighted by molar-refractivity contribution is -0.128. The van der Waals surface area contributed by atoms with Crippen LogP contribution >= 0.6 is 23.2 Å². The van der Waals surface area contributed by atoms with Crippen LogP contribution in [0.5, 0.6) is 0 Å². The van der Waals surface area contributed by atoms with Crippen molar-refractivity contribution in [2.24, 2.45) is 0 Å². The zero-order valence-electron chi connectivity index (χ0n) is 13.7. The van der Waals surface area contributed by atoms with Crippen molar-refractivity contribution >= 4 is 35.0 Å². The fourth-order valence-corrected chi connectivity index (χ4v) is 3.11. The number of hydrogen-bond donors (Lipinski definition) is 1. The molecule has 1 heterocycles. The van der Waals surface area contributed by atoms with Crippen molar-refractivity contribution in [2.45, 2.75) is 51.6 Å². The van der Waals surface area contributed by atoms with Gasteiger partial charge >= 0.3 is 0 Å². The molecule has 6 heteroatoms. The van der Waals surface area contributed by atoms with Gasteiger partial charge < -0.3 is 10.2 Å². The number of amides is 2. The first-order valence-corrected chi connectivity index (χ1v) is 8.53. The Morgan fingerprint density at radius 1 is 1.22 bits per heavy atom. The second-order valence-electron chi connectivity index (χ2n) is 6.85. The molecule has 1 atom stereocenters. The van der Waals surface area contributed by atoms with Gasteiger partial charge in [-0.1, -0.05) is 29.3 Å². The fourth-order valence-electron chi connectivity index (χ4n) is 2.72. The van der Waals surface area contributed by atoms with Crippen molar-refractivity contribution < 1.29 is 9.59 Å². The van der Waals surface area contributed by atoms with Crippen molar-refractivity contribution in [2.75, 3.05) is 6.54 Å². The molecule has 126 valence electrons. The van der Waals surface area contributed by atoms with Crippen molar-refractivity contribution in [3.63, 3.8) is 0 Å². The molecule has 0 radical (unpaired) electrons. The first-order valence-electron chi connectivity index (χ1n) is 7.78. The maximum atomic E-state index is 12.9. The van der Waals surface area contributed by atoms with Crippen LogP contribution in [0.15, 0.2) is 18.2 Å². The van der Waals surface area contributed by atoms with Crippen LogP contribution in [0.2, 0.25) is 10.0 Å². The van der Waals surface area contributed by atoms with Gasteiger partial charge in [-0.15, -0.1) is 0 Å². The van der Waals surface area contributed by atoms with Crippen molar-refractivity contribution in [1.82, 2.24) is 10.2 Å². The van der Waals surface area contributed by atoms with E-state index in [9.17, 15) is 9.59 Å². The van der Waals surface area contributed by atoms with Crippen LogP contribution in [-0.2, 0) is 4.79 Å². The molecule has 1 saturated heterocycles. The molecule has 2 rings (SSSR count). The average Bonchev–Trinajstić information content (AvgIpc) is 2.47. The minimum absolute atomic E-state index is 0.122. The highest BCUT2D eigenvalue weighted by Crippen LogP contribution is 2.28. The molecule has 0 saturated carbocycles. The zero-order chi connectivity index (χ0) is 17.2. The highest BCUT2D eigenvalue weighted by Gasteiger charge is 2.34. The highest BCUT2D eigenvalue weighted by molar-refractivity contribution is 6.43. The predicted molar refractivity (Wildman–Crippen MR) is 93.0 cm³/mol. The van der Waals surface area contributed by atoms with Crippen molar-refractivity contribution in [3.8, 4) is 0 Å². The van der Waals surface area contributed by atoms with Gasteiger partial charge in [0, 0.05) is 12.1 Å². The minimum Gasteiger partial charge on any atom is -0.350 e. The van der Waals surface area contributed by atoms with Crippen LogP contribution in [0.25, 0.3) is 0 Å². The maximum absolute atomic E-state index is 12.9. The van der Waals surface area contributed by atoms with Gasteiger partial charge in [0.2, 0.25) is 5.91 Å². The number of piperidine rings is 1. The molecule has 4 nitrogen and oxygen atoms in total. The summed E-state index contributed by atoms with van der Waals surface area (Å²) in [5.41, 5.74) is 0.00588. The molecule has 23 heavy (non-hydrogen) atoms. The summed E-state index contributed by atoms with van der Waals surface area (Å²) in [5, 5.41) is 3.53. The first kappa shape index (κ1) is 18.1. The molecule has 2 amide bonds. The Morgan fingerprint density at radius 3 is 2.57 bits per heavy atom. The molecule has 1 aliphatic rings. The van der Waals surface area contributed by atoms with E-state index in [1.807, 2.05) is 20.8 Å². The largest absolute Gasteiger partial charge is 0.350 e. The Bertz CT molecular complexity index is 611. The summed E-state index contributed by atoms with van der Waals surface area (Å²) in [5.74, 6) is -0.366. The summed E-state index contributed by atoms with van der Waals surface area (Å²) >= 11 is 12.2. The number of carbonyl (C=O) groups is 2. The Labute approximate surface area is 147 Å². The standard InChI is InChI=1S/C17H22Cl2N2O2/c1-17(2,3)20-15(22)13-9-4-5-10-21(13)16(23)11-7-6-8-12(18)14(11)19/h6-8,13H,4-5,9-10H2,1-3H3,(H,20,22). The molecule has 1 aromatic carbocycles. The number of likely N-dealkylation sites (tertiary alicyclic amines) is 1. The van der Waals surface area contributed by atoms with Crippen LogP contribution < -0.4 is 5.32 Å². The van der Waals surface area contributed by atoms with E-state index in [1.165, 1.54) is 0 Å². The monoisotopic (exact) mass is 356 g/mol. The van der Waals surface area contributed by atoms with Gasteiger partial charge in [-0.3, -0.25) is 9.59 Å². The van der Waals surface area contributed by atoms with Gasteiger partial charge in [-0.2, -0.15) is 0 Å². The lowest BCUT2D eigenvalue weighted by Crippen LogP contribution is -2.55. The van der Waals surface area contributed by atoms with E-state index in [0.29, 0.717) is 23.6 Å². The first-order chi connectivity index (χ1) is 10.7. The number of halogens is 2. The quantitative estimate of drug-likeness (QED) is 0.873. The number of hydrogen-bond acceptors (Lipinski definition) is 2. The second-order valence-corrected chi connectivity index (χ2v) is 7.64. The van der Waals surface area contributed by atoms with Gasteiger partial charge in [-0.05, 0) is 52.2 Å². The van der Waals surface area contributed by atoms with E-state index in [4.69, 9.17) is 23.2 Å². The third kappa shape index (κ3) is 4.39. The van der Waals surface area contributed by atoms with Crippen LogP contribution in [0, 0.1) is 0 Å². The van der Waals surface area contributed by atoms with Crippen molar-refractivity contribution in [3.05, 3.63) is 33.8 Å². The number of rotatable bonds is 2. The van der Waals surface area contributed by atoms with Gasteiger partial charge in [0.25, 0.3) is 5.91 Å². The molecule has 0 aliphatic carbocycles. The highest BCUT2D eigenvalue weighted by atomic mass is 35.5. The Balaban J connectivity index is 2.25. The van der Waals surface area contributed by atoms with Crippen LogP contribution in [0.3, 0.4) is 0 Å². The number of benzene rings is 1. The van der Waals surface area contributed by atoms with Crippen molar-refractivity contribution in [1.29, 1.82) is 0 Å². The molecular weight excluding hydrogens is 335 g/mol. The fraction of sp³-hybridized carbons (Fsp3) is 0.529. The van der Waals surface area contributed by atoms with E-state index in [2.05, 4.69) is 5.32 Å². The normalized spacial score (nSPS) is 18.7. The van der Waals surface area contributed by atoms with Gasteiger partial charge in [0.1, 0.15) is 6.04 Å². The number of nitrogens with zero attached hydrogens (tertiary/aromatic N) is 1. The smallest absolute Gasteiger partial charge is 0.256 e. The average molecular weight is 357 g/mol. The SMILES string of the molecule is CC(C)(C)NC(=O)C1CCCCN1C(=O)c1cccc(Cl)c1Cl. The predicted octanol–water partition coefficient (Wildman–Crippen LogP) is 3.90. The molecule has 1 aromatic rings. The number of carbonyl (C=O) groups excluding carboxylic acids is 2. The third-order valence-electron chi connectivity index (χ3n) is 3.75. The minimum atomic E-state index is -0.467. The molecule has 1 aliphatic heterocycles. The Hall–Kier alpha value is -1.26. The second kappa shape index (κ2) is 7.10.